The van der Waals surface area contributed by atoms with Gasteiger partial charge in [-0.2, -0.15) is 0 Å². The summed E-state index contributed by atoms with van der Waals surface area (Å²) in [6.07, 6.45) is 0. The number of nitrogens with zero attached hydrogens (tertiary/aromatic N) is 2. The third kappa shape index (κ3) is 8.27. The van der Waals surface area contributed by atoms with E-state index in [2.05, 4.69) is 10.8 Å². The number of anilines is 2. The Hall–Kier alpha value is -6.55. The zero-order valence-electron chi connectivity index (χ0n) is 22.9. The number of nitro benzene ring substituents is 2. The lowest BCUT2D eigenvalue weighted by Crippen LogP contribution is -2.16. The zero-order chi connectivity index (χ0) is 32.5. The average Bonchev–Trinajstić information content (AvgIpc) is 3.02. The minimum atomic E-state index is -1.41. The van der Waals surface area contributed by atoms with Crippen molar-refractivity contribution in [3.05, 3.63) is 127 Å². The molecule has 230 valence electrons. The fourth-order valence-corrected chi connectivity index (χ4v) is 3.86. The Morgan fingerprint density at radius 1 is 0.667 bits per heavy atom. The van der Waals surface area contributed by atoms with Crippen molar-refractivity contribution in [1.82, 2.24) is 0 Å². The van der Waals surface area contributed by atoms with E-state index >= 15 is 0 Å². The van der Waals surface area contributed by atoms with E-state index in [1.807, 2.05) is 0 Å². The van der Waals surface area contributed by atoms with Crippen LogP contribution in [0.25, 0.3) is 0 Å². The maximum absolute atomic E-state index is 12.6. The van der Waals surface area contributed by atoms with Crippen LogP contribution in [-0.4, -0.2) is 44.7 Å². The monoisotopic (exact) mass is 618 g/mol. The molecule has 0 aliphatic rings. The minimum absolute atomic E-state index is 0.117. The first-order valence-corrected chi connectivity index (χ1v) is 12.7. The van der Waals surface area contributed by atoms with Crippen molar-refractivity contribution in [3.63, 3.8) is 0 Å². The molecule has 0 spiro atoms. The molecule has 0 heterocycles. The van der Waals surface area contributed by atoms with Crippen molar-refractivity contribution in [2.45, 2.75) is 6.61 Å². The molecule has 4 aromatic rings. The van der Waals surface area contributed by atoms with Gasteiger partial charge in [0.05, 0.1) is 32.2 Å². The number of carboxylic acids is 2. The van der Waals surface area contributed by atoms with Gasteiger partial charge in [0.25, 0.3) is 17.3 Å². The number of non-ortho nitro benzene ring substituents is 2. The number of hydrogen-bond donors (Lipinski definition) is 4. The molecule has 1 amide bonds. The van der Waals surface area contributed by atoms with Gasteiger partial charge in [0.15, 0.2) is 0 Å². The van der Waals surface area contributed by atoms with Crippen LogP contribution in [0.5, 0.6) is 11.5 Å². The van der Waals surface area contributed by atoms with Gasteiger partial charge < -0.3 is 25.0 Å². The third-order valence-electron chi connectivity index (χ3n) is 6.05. The standard InChI is InChI=1S/C29H22N4O12/c34-27(26-14-21(33(41)42)6-12-25(26)29(37)38)30-18-1-7-22(8-2-18)43-16-44-23-9-3-19(4-10-23)31-45-15-17-13-20(32(39)40)5-11-24(17)28(35)36/h1-14,31H,15-16H2,(H,30,34)(H,35,36)(H,37,38). The molecule has 4 N–H and O–H groups in total. The first kappa shape index (κ1) is 31.4. The van der Waals surface area contributed by atoms with E-state index in [0.29, 0.717) is 17.2 Å². The number of nitrogens with one attached hydrogen (secondary N) is 2. The molecule has 4 rings (SSSR count). The Morgan fingerprint density at radius 3 is 1.71 bits per heavy atom. The molecule has 0 aromatic heterocycles. The van der Waals surface area contributed by atoms with Crippen molar-refractivity contribution < 1.29 is 48.8 Å². The summed E-state index contributed by atoms with van der Waals surface area (Å²) >= 11 is 0. The maximum atomic E-state index is 12.6. The number of ether oxygens (including phenoxy) is 2. The highest BCUT2D eigenvalue weighted by Crippen LogP contribution is 2.23. The largest absolute Gasteiger partial charge is 0.478 e. The van der Waals surface area contributed by atoms with Crippen LogP contribution in [0.3, 0.4) is 0 Å². The van der Waals surface area contributed by atoms with E-state index in [1.54, 1.807) is 24.3 Å². The molecule has 0 fully saturated rings. The molecular weight excluding hydrogens is 596 g/mol. The van der Waals surface area contributed by atoms with Gasteiger partial charge in [0, 0.05) is 35.5 Å². The quantitative estimate of drug-likeness (QED) is 0.0818. The second-order valence-electron chi connectivity index (χ2n) is 9.00. The van der Waals surface area contributed by atoms with Gasteiger partial charge in [-0.25, -0.2) is 9.59 Å². The Balaban J connectivity index is 1.26. The lowest BCUT2D eigenvalue weighted by Gasteiger charge is -2.12. The van der Waals surface area contributed by atoms with E-state index < -0.39 is 33.4 Å². The Bertz CT molecular complexity index is 1760. The van der Waals surface area contributed by atoms with Crippen LogP contribution in [0, 0.1) is 20.2 Å². The van der Waals surface area contributed by atoms with Crippen molar-refractivity contribution >= 4 is 40.6 Å². The molecule has 4 aromatic carbocycles. The Kier molecular flexibility index (Phi) is 9.82. The minimum Gasteiger partial charge on any atom is -0.478 e. The maximum Gasteiger partial charge on any atom is 0.336 e. The lowest BCUT2D eigenvalue weighted by molar-refractivity contribution is -0.385. The van der Waals surface area contributed by atoms with Gasteiger partial charge in [-0.3, -0.25) is 35.3 Å². The van der Waals surface area contributed by atoms with Crippen LogP contribution in [-0.2, 0) is 11.4 Å². The van der Waals surface area contributed by atoms with Crippen LogP contribution in [0.4, 0.5) is 22.7 Å². The van der Waals surface area contributed by atoms with E-state index in [0.717, 1.165) is 36.4 Å². The molecular formula is C29H22N4O12. The molecule has 16 heteroatoms. The number of amides is 1. The zero-order valence-corrected chi connectivity index (χ0v) is 22.9. The van der Waals surface area contributed by atoms with E-state index in [-0.39, 0.29) is 47.0 Å². The molecule has 0 aliphatic carbocycles. The number of carbonyl (C=O) groups is 3. The van der Waals surface area contributed by atoms with Gasteiger partial charge in [0.1, 0.15) is 18.1 Å². The van der Waals surface area contributed by atoms with Crippen molar-refractivity contribution in [1.29, 1.82) is 0 Å². The second kappa shape index (κ2) is 14.1. The summed E-state index contributed by atoms with van der Waals surface area (Å²) < 4.78 is 11.1. The molecule has 0 bridgehead atoms. The molecule has 0 aliphatic heterocycles. The highest BCUT2D eigenvalue weighted by atomic mass is 16.7. The number of aromatic carboxylic acids is 2. The van der Waals surface area contributed by atoms with Crippen LogP contribution < -0.4 is 20.3 Å². The fraction of sp³-hybridized carbons (Fsp3) is 0.0690. The van der Waals surface area contributed by atoms with Gasteiger partial charge >= 0.3 is 11.9 Å². The van der Waals surface area contributed by atoms with Gasteiger partial charge in [-0.1, -0.05) is 0 Å². The van der Waals surface area contributed by atoms with E-state index in [1.165, 1.54) is 24.3 Å². The van der Waals surface area contributed by atoms with Gasteiger partial charge in [0.2, 0.25) is 6.79 Å². The summed E-state index contributed by atoms with van der Waals surface area (Å²) in [6, 6.07) is 18.7. The van der Waals surface area contributed by atoms with E-state index in [4.69, 9.17) is 14.3 Å². The van der Waals surface area contributed by atoms with Crippen LogP contribution in [0.15, 0.2) is 84.9 Å². The van der Waals surface area contributed by atoms with E-state index in [9.17, 15) is 44.8 Å². The SMILES string of the molecule is O=C(O)c1ccc([N+](=O)[O-])cc1CONc1ccc(OCOc2ccc(NC(=O)c3cc([N+](=O)[O-])ccc3C(=O)O)cc2)cc1. The number of rotatable bonds is 14. The lowest BCUT2D eigenvalue weighted by atomic mass is 10.1. The highest BCUT2D eigenvalue weighted by molar-refractivity contribution is 6.11. The summed E-state index contributed by atoms with van der Waals surface area (Å²) in [5.41, 5.74) is 1.94. The summed E-state index contributed by atoms with van der Waals surface area (Å²) in [4.78, 5) is 61.5. The number of carbonyl (C=O) groups excluding carboxylic acids is 1. The predicted octanol–water partition coefficient (Wildman–Crippen LogP) is 5.11. The summed E-state index contributed by atoms with van der Waals surface area (Å²) in [6.45, 7) is -0.439. The van der Waals surface area contributed by atoms with Crippen molar-refractivity contribution in [2.24, 2.45) is 0 Å². The van der Waals surface area contributed by atoms with Crippen LogP contribution in [0.2, 0.25) is 0 Å². The first-order chi connectivity index (χ1) is 21.5. The summed E-state index contributed by atoms with van der Waals surface area (Å²) in [5, 5.41) is 43.1. The van der Waals surface area contributed by atoms with Crippen molar-refractivity contribution in [3.8, 4) is 11.5 Å². The number of hydrogen-bond acceptors (Lipinski definition) is 11. The normalized spacial score (nSPS) is 10.4. The number of nitro groups is 2. The third-order valence-corrected chi connectivity index (χ3v) is 6.05. The van der Waals surface area contributed by atoms with Crippen molar-refractivity contribution in [2.75, 3.05) is 17.6 Å². The summed E-state index contributed by atoms with van der Waals surface area (Å²) in [5.74, 6) is -2.69. The van der Waals surface area contributed by atoms with Crippen LogP contribution >= 0.6 is 0 Å². The number of carboxylic acid groups (broad SMARTS) is 2. The van der Waals surface area contributed by atoms with Crippen LogP contribution in [0.1, 0.15) is 36.6 Å². The molecule has 0 atom stereocenters. The second-order valence-corrected chi connectivity index (χ2v) is 9.00. The summed E-state index contributed by atoms with van der Waals surface area (Å²) in [7, 11) is 0. The molecule has 16 nitrogen and oxygen atoms in total. The predicted molar refractivity (Wildman–Crippen MR) is 155 cm³/mol. The topological polar surface area (TPSA) is 230 Å². The molecule has 0 saturated carbocycles. The molecule has 0 unspecified atom stereocenters. The fourth-order valence-electron chi connectivity index (χ4n) is 3.86. The number of benzene rings is 4. The average molecular weight is 619 g/mol. The Labute approximate surface area is 252 Å². The molecule has 45 heavy (non-hydrogen) atoms. The molecule has 0 saturated heterocycles. The highest BCUT2D eigenvalue weighted by Gasteiger charge is 2.21. The van der Waals surface area contributed by atoms with Gasteiger partial charge in [-0.05, 0) is 60.7 Å². The smallest absolute Gasteiger partial charge is 0.336 e. The Morgan fingerprint density at radius 2 is 1.18 bits per heavy atom. The van der Waals surface area contributed by atoms with Gasteiger partial charge in [-0.15, -0.1) is 0 Å². The first-order valence-electron chi connectivity index (χ1n) is 12.7. The molecule has 0 radical (unpaired) electrons.